The summed E-state index contributed by atoms with van der Waals surface area (Å²) < 4.78 is 0. The summed E-state index contributed by atoms with van der Waals surface area (Å²) in [4.78, 5) is 13.1. The van der Waals surface area contributed by atoms with E-state index in [0.717, 1.165) is 35.2 Å². The zero-order chi connectivity index (χ0) is 18.9. The normalized spacial score (nSPS) is 11.4. The summed E-state index contributed by atoms with van der Waals surface area (Å²) in [6.07, 6.45) is 1.77. The monoisotopic (exact) mass is 356 g/mol. The minimum atomic E-state index is -0.394. The average Bonchev–Trinajstić information content (AvgIpc) is 2.73. The zero-order valence-electron chi connectivity index (χ0n) is 15.5. The molecule has 0 spiro atoms. The Kier molecular flexibility index (Phi) is 6.53. The van der Waals surface area contributed by atoms with Crippen LogP contribution >= 0.6 is 0 Å². The molecule has 0 saturated heterocycles. The number of nitrogens with one attached hydrogen (secondary N) is 1. The van der Waals surface area contributed by atoms with Gasteiger partial charge in [0.1, 0.15) is 0 Å². The van der Waals surface area contributed by atoms with Crippen LogP contribution in [0.25, 0.3) is 0 Å². The summed E-state index contributed by atoms with van der Waals surface area (Å²) in [5.74, 6) is -0.522. The molecular weight excluding hydrogens is 332 g/mol. The lowest BCUT2D eigenvalue weighted by Crippen LogP contribution is -2.27. The third-order valence-corrected chi connectivity index (χ3v) is 4.42. The van der Waals surface area contributed by atoms with Crippen LogP contribution in [0.4, 0.5) is 0 Å². The van der Waals surface area contributed by atoms with Gasteiger partial charge in [0.15, 0.2) is 0 Å². The molecule has 0 aliphatic heterocycles. The van der Waals surface area contributed by atoms with E-state index in [2.05, 4.69) is 17.5 Å². The molecule has 0 saturated carbocycles. The third kappa shape index (κ3) is 4.91. The maximum absolute atomic E-state index is 13.1. The molecular formula is C24H24N2O. The van der Waals surface area contributed by atoms with Gasteiger partial charge in [-0.15, -0.1) is 0 Å². The quantitative estimate of drug-likeness (QED) is 0.462. The Labute approximate surface area is 160 Å². The van der Waals surface area contributed by atoms with E-state index < -0.39 is 5.92 Å². The molecule has 3 heteroatoms. The fourth-order valence-electron chi connectivity index (χ4n) is 3.11. The molecule has 3 nitrogen and oxygen atoms in total. The molecule has 0 aliphatic carbocycles. The molecule has 3 aromatic carbocycles. The lowest BCUT2D eigenvalue weighted by molar-refractivity contribution is -0.121. The minimum Gasteiger partial charge on any atom is -0.272 e. The highest BCUT2D eigenvalue weighted by Crippen LogP contribution is 2.24. The number of rotatable bonds is 7. The summed E-state index contributed by atoms with van der Waals surface area (Å²) >= 11 is 0. The number of nitrogens with zero attached hydrogens (tertiary/aromatic N) is 1. The molecule has 0 radical (unpaired) electrons. The van der Waals surface area contributed by atoms with Gasteiger partial charge in [0, 0.05) is 0 Å². The molecule has 0 unspecified atom stereocenters. The number of hydrogen-bond donors (Lipinski definition) is 1. The highest BCUT2D eigenvalue weighted by Gasteiger charge is 2.22. The Bertz CT molecular complexity index is 835. The van der Waals surface area contributed by atoms with E-state index in [4.69, 9.17) is 0 Å². The van der Waals surface area contributed by atoms with E-state index in [1.165, 1.54) is 0 Å². The van der Waals surface area contributed by atoms with Gasteiger partial charge in [-0.25, -0.2) is 5.43 Å². The highest BCUT2D eigenvalue weighted by atomic mass is 16.2. The molecule has 1 N–H and O–H groups in total. The lowest BCUT2D eigenvalue weighted by Gasteiger charge is -2.17. The van der Waals surface area contributed by atoms with Crippen molar-refractivity contribution < 1.29 is 4.79 Å². The average molecular weight is 356 g/mol. The smallest absolute Gasteiger partial charge is 0.252 e. The molecule has 0 fully saturated rings. The fraction of sp³-hybridized carbons (Fsp3) is 0.167. The van der Waals surface area contributed by atoms with Gasteiger partial charge in [0.25, 0.3) is 5.91 Å². The van der Waals surface area contributed by atoms with Crippen molar-refractivity contribution in [3.05, 3.63) is 108 Å². The van der Waals surface area contributed by atoms with Gasteiger partial charge in [0.05, 0.1) is 11.6 Å². The van der Waals surface area contributed by atoms with Crippen molar-refractivity contribution >= 4 is 11.6 Å². The molecule has 1 amide bonds. The van der Waals surface area contributed by atoms with E-state index in [1.807, 2.05) is 91.0 Å². The molecule has 3 rings (SSSR count). The topological polar surface area (TPSA) is 41.5 Å². The Morgan fingerprint density at radius 3 is 1.78 bits per heavy atom. The molecule has 0 atom stereocenters. The van der Waals surface area contributed by atoms with E-state index in [9.17, 15) is 4.79 Å². The number of benzene rings is 3. The first-order chi connectivity index (χ1) is 13.3. The molecule has 3 aromatic rings. The van der Waals surface area contributed by atoms with Crippen molar-refractivity contribution in [2.24, 2.45) is 5.10 Å². The largest absolute Gasteiger partial charge is 0.272 e. The summed E-state index contributed by atoms with van der Waals surface area (Å²) in [6.45, 7) is 2.11. The minimum absolute atomic E-state index is 0.128. The Morgan fingerprint density at radius 2 is 1.30 bits per heavy atom. The second-order valence-electron chi connectivity index (χ2n) is 6.40. The van der Waals surface area contributed by atoms with Crippen LogP contribution in [0.2, 0.25) is 0 Å². The molecule has 0 aliphatic rings. The molecule has 0 heterocycles. The predicted octanol–water partition coefficient (Wildman–Crippen LogP) is 5.14. The second kappa shape index (κ2) is 9.48. The van der Waals surface area contributed by atoms with E-state index in [1.54, 1.807) is 0 Å². The molecule has 0 aromatic heterocycles. The first kappa shape index (κ1) is 18.6. The van der Waals surface area contributed by atoms with Crippen molar-refractivity contribution in [3.8, 4) is 0 Å². The zero-order valence-corrected chi connectivity index (χ0v) is 15.5. The van der Waals surface area contributed by atoms with Gasteiger partial charge in [-0.1, -0.05) is 104 Å². The SMILES string of the molecule is CCC/C(=N/NC(=O)C(c1ccccc1)c1ccccc1)c1ccccc1. The van der Waals surface area contributed by atoms with Crippen molar-refractivity contribution in [1.82, 2.24) is 5.43 Å². The van der Waals surface area contributed by atoms with Crippen LogP contribution in [0, 0.1) is 0 Å². The van der Waals surface area contributed by atoms with Gasteiger partial charge in [-0.05, 0) is 23.1 Å². The van der Waals surface area contributed by atoms with Crippen molar-refractivity contribution in [2.45, 2.75) is 25.7 Å². The van der Waals surface area contributed by atoms with Crippen LogP contribution in [0.15, 0.2) is 96.1 Å². The summed E-state index contributed by atoms with van der Waals surface area (Å²) in [7, 11) is 0. The number of hydrogen-bond acceptors (Lipinski definition) is 2. The van der Waals surface area contributed by atoms with E-state index in [-0.39, 0.29) is 5.91 Å². The van der Waals surface area contributed by atoms with Gasteiger partial charge in [-0.2, -0.15) is 5.10 Å². The second-order valence-corrected chi connectivity index (χ2v) is 6.40. The molecule has 0 bridgehead atoms. The van der Waals surface area contributed by atoms with Gasteiger partial charge in [-0.3, -0.25) is 4.79 Å². The fourth-order valence-corrected chi connectivity index (χ4v) is 3.11. The maximum Gasteiger partial charge on any atom is 0.252 e. The van der Waals surface area contributed by atoms with Crippen LogP contribution in [0.1, 0.15) is 42.4 Å². The van der Waals surface area contributed by atoms with Crippen molar-refractivity contribution in [2.75, 3.05) is 0 Å². The van der Waals surface area contributed by atoms with E-state index >= 15 is 0 Å². The number of amides is 1. The first-order valence-electron chi connectivity index (χ1n) is 9.31. The summed E-state index contributed by atoms with van der Waals surface area (Å²) in [5, 5.41) is 4.47. The maximum atomic E-state index is 13.1. The van der Waals surface area contributed by atoms with Crippen LogP contribution in [-0.4, -0.2) is 11.6 Å². The number of carbonyl (C=O) groups is 1. The standard InChI is InChI=1S/C24H24N2O/c1-2-12-22(19-13-6-3-7-14-19)25-26-24(27)23(20-15-8-4-9-16-20)21-17-10-5-11-18-21/h3-11,13-18,23H,2,12H2,1H3,(H,26,27)/b25-22-. The van der Waals surface area contributed by atoms with Crippen LogP contribution in [-0.2, 0) is 4.79 Å². The predicted molar refractivity (Wildman–Crippen MR) is 111 cm³/mol. The van der Waals surface area contributed by atoms with Gasteiger partial charge < -0.3 is 0 Å². The van der Waals surface area contributed by atoms with Crippen LogP contribution in [0.3, 0.4) is 0 Å². The Hall–Kier alpha value is -3.20. The van der Waals surface area contributed by atoms with Crippen molar-refractivity contribution in [3.63, 3.8) is 0 Å². The highest BCUT2D eigenvalue weighted by molar-refractivity contribution is 6.01. The lowest BCUT2D eigenvalue weighted by atomic mass is 9.91. The van der Waals surface area contributed by atoms with Crippen LogP contribution < -0.4 is 5.43 Å². The summed E-state index contributed by atoms with van der Waals surface area (Å²) in [5.41, 5.74) is 6.65. The Balaban J connectivity index is 1.88. The van der Waals surface area contributed by atoms with Crippen LogP contribution in [0.5, 0.6) is 0 Å². The molecule has 27 heavy (non-hydrogen) atoms. The first-order valence-corrected chi connectivity index (χ1v) is 9.31. The number of carbonyl (C=O) groups excluding carboxylic acids is 1. The number of hydrazone groups is 1. The summed E-state index contributed by atoms with van der Waals surface area (Å²) in [6, 6.07) is 29.6. The Morgan fingerprint density at radius 1 is 0.815 bits per heavy atom. The van der Waals surface area contributed by atoms with E-state index in [0.29, 0.717) is 0 Å². The van der Waals surface area contributed by atoms with Crippen molar-refractivity contribution in [1.29, 1.82) is 0 Å². The third-order valence-electron chi connectivity index (χ3n) is 4.42. The van der Waals surface area contributed by atoms with Gasteiger partial charge in [0.2, 0.25) is 0 Å². The molecule has 136 valence electrons. The van der Waals surface area contributed by atoms with Gasteiger partial charge >= 0.3 is 0 Å².